The van der Waals surface area contributed by atoms with Crippen LogP contribution in [-0.2, 0) is 4.74 Å². The molecule has 0 N–H and O–H groups in total. The van der Waals surface area contributed by atoms with Crippen LogP contribution < -0.4 is 4.74 Å². The first kappa shape index (κ1) is 12.8. The van der Waals surface area contributed by atoms with Crippen LogP contribution in [0.3, 0.4) is 0 Å². The molecule has 0 aliphatic carbocycles. The van der Waals surface area contributed by atoms with Crippen molar-refractivity contribution in [3.8, 4) is 5.75 Å². The minimum absolute atomic E-state index is 0.135. The molecule has 1 rings (SSSR count). The third kappa shape index (κ3) is 4.07. The quantitative estimate of drug-likeness (QED) is 0.649. The van der Waals surface area contributed by atoms with E-state index in [2.05, 4.69) is 13.5 Å². The molecule has 0 aromatic heterocycles. The second kappa shape index (κ2) is 7.07. The molecular weight excluding hydrogens is 200 g/mol. The molecule has 0 bridgehead atoms. The molecule has 0 aliphatic rings. The molecule has 0 radical (unpaired) electrons. The number of rotatable bonds is 7. The molecule has 0 aliphatic heterocycles. The Labute approximate surface area is 97.9 Å². The molecule has 16 heavy (non-hydrogen) atoms. The molecule has 1 aromatic carbocycles. The number of hydrogen-bond donors (Lipinski definition) is 0. The van der Waals surface area contributed by atoms with Gasteiger partial charge in [-0.25, -0.2) is 0 Å². The maximum absolute atomic E-state index is 5.74. The van der Waals surface area contributed by atoms with Gasteiger partial charge in [0.2, 0.25) is 0 Å². The predicted molar refractivity (Wildman–Crippen MR) is 67.5 cm³/mol. The van der Waals surface area contributed by atoms with E-state index in [-0.39, 0.29) is 6.29 Å². The first-order chi connectivity index (χ1) is 7.80. The Morgan fingerprint density at radius 2 is 1.94 bits per heavy atom. The van der Waals surface area contributed by atoms with Gasteiger partial charge in [-0.1, -0.05) is 38.1 Å². The largest absolute Gasteiger partial charge is 0.465 e. The summed E-state index contributed by atoms with van der Waals surface area (Å²) < 4.78 is 11.2. The van der Waals surface area contributed by atoms with E-state index in [9.17, 15) is 0 Å². The van der Waals surface area contributed by atoms with Crippen LogP contribution in [-0.4, -0.2) is 12.9 Å². The van der Waals surface area contributed by atoms with Crippen molar-refractivity contribution in [2.75, 3.05) is 6.61 Å². The van der Waals surface area contributed by atoms with E-state index in [0.717, 1.165) is 24.2 Å². The van der Waals surface area contributed by atoms with Gasteiger partial charge < -0.3 is 9.47 Å². The fourth-order valence-corrected chi connectivity index (χ4v) is 1.43. The predicted octanol–water partition coefficient (Wildman–Crippen LogP) is 3.87. The molecule has 0 spiro atoms. The zero-order valence-corrected chi connectivity index (χ0v) is 10.1. The Balaban J connectivity index is 2.58. The molecule has 1 aromatic rings. The lowest BCUT2D eigenvalue weighted by Crippen LogP contribution is -2.20. The van der Waals surface area contributed by atoms with E-state index in [4.69, 9.17) is 9.47 Å². The van der Waals surface area contributed by atoms with Crippen molar-refractivity contribution in [3.63, 3.8) is 0 Å². The summed E-state index contributed by atoms with van der Waals surface area (Å²) in [6.07, 6.45) is 3.65. The van der Waals surface area contributed by atoms with Crippen LogP contribution in [0, 0.1) is 0 Å². The van der Waals surface area contributed by atoms with Gasteiger partial charge in [0, 0.05) is 13.0 Å². The maximum Gasteiger partial charge on any atom is 0.199 e. The van der Waals surface area contributed by atoms with Gasteiger partial charge in [0.05, 0.1) is 0 Å². The zero-order chi connectivity index (χ0) is 11.8. The molecule has 0 saturated carbocycles. The van der Waals surface area contributed by atoms with Crippen LogP contribution in [0.5, 0.6) is 5.75 Å². The third-order valence-corrected chi connectivity index (χ3v) is 2.26. The average Bonchev–Trinajstić information content (AvgIpc) is 2.31. The lowest BCUT2D eigenvalue weighted by molar-refractivity contribution is -0.0798. The van der Waals surface area contributed by atoms with Crippen molar-refractivity contribution in [2.45, 2.75) is 33.0 Å². The normalized spacial score (nSPS) is 12.1. The molecule has 2 heteroatoms. The molecule has 1 atom stereocenters. The van der Waals surface area contributed by atoms with E-state index < -0.39 is 0 Å². The Morgan fingerprint density at radius 1 is 1.25 bits per heavy atom. The van der Waals surface area contributed by atoms with E-state index in [1.165, 1.54) is 0 Å². The van der Waals surface area contributed by atoms with Gasteiger partial charge in [0.1, 0.15) is 5.75 Å². The van der Waals surface area contributed by atoms with Gasteiger partial charge in [-0.05, 0) is 24.6 Å². The van der Waals surface area contributed by atoms with Crippen molar-refractivity contribution in [1.82, 2.24) is 0 Å². The van der Waals surface area contributed by atoms with Crippen LogP contribution >= 0.6 is 0 Å². The van der Waals surface area contributed by atoms with Crippen LogP contribution in [0.15, 0.2) is 30.8 Å². The highest BCUT2D eigenvalue weighted by molar-refractivity contribution is 5.48. The van der Waals surface area contributed by atoms with Crippen LogP contribution in [0.1, 0.15) is 32.3 Å². The van der Waals surface area contributed by atoms with Gasteiger partial charge in [-0.2, -0.15) is 0 Å². The van der Waals surface area contributed by atoms with Crippen LogP contribution in [0.25, 0.3) is 6.08 Å². The Morgan fingerprint density at radius 3 is 2.44 bits per heavy atom. The molecular formula is C14H20O2. The summed E-state index contributed by atoms with van der Waals surface area (Å²) in [5.41, 5.74) is 1.09. The maximum atomic E-state index is 5.74. The minimum Gasteiger partial charge on any atom is -0.465 e. The smallest absolute Gasteiger partial charge is 0.199 e. The first-order valence-electron chi connectivity index (χ1n) is 5.80. The van der Waals surface area contributed by atoms with Crippen molar-refractivity contribution < 1.29 is 9.47 Å². The molecule has 88 valence electrons. The van der Waals surface area contributed by atoms with Crippen molar-refractivity contribution in [3.05, 3.63) is 36.4 Å². The van der Waals surface area contributed by atoms with Crippen LogP contribution in [0.2, 0.25) is 0 Å². The fraction of sp³-hybridized carbons (Fsp3) is 0.429. The average molecular weight is 220 g/mol. The summed E-state index contributed by atoms with van der Waals surface area (Å²) in [6, 6.07) is 7.85. The highest BCUT2D eigenvalue weighted by Gasteiger charge is 2.08. The summed E-state index contributed by atoms with van der Waals surface area (Å²) in [7, 11) is 0. The van der Waals surface area contributed by atoms with Gasteiger partial charge in [-0.15, -0.1) is 0 Å². The Kier molecular flexibility index (Phi) is 5.65. The molecule has 1 unspecified atom stereocenters. The Hall–Kier alpha value is -1.28. The van der Waals surface area contributed by atoms with E-state index in [0.29, 0.717) is 6.61 Å². The molecule has 0 saturated heterocycles. The standard InChI is InChI=1S/C14H20O2/c1-4-7-14(15-6-3)16-13-10-8-12(5-2)9-11-13/h5,8-11,14H,2,4,6-7H2,1,3H3. The lowest BCUT2D eigenvalue weighted by atomic mass is 10.2. The minimum atomic E-state index is -0.135. The van der Waals surface area contributed by atoms with E-state index >= 15 is 0 Å². The lowest BCUT2D eigenvalue weighted by Gasteiger charge is -2.18. The van der Waals surface area contributed by atoms with Crippen molar-refractivity contribution >= 4 is 6.08 Å². The second-order valence-corrected chi connectivity index (χ2v) is 3.56. The van der Waals surface area contributed by atoms with Crippen LogP contribution in [0.4, 0.5) is 0 Å². The summed E-state index contributed by atoms with van der Waals surface area (Å²) >= 11 is 0. The van der Waals surface area contributed by atoms with E-state index in [1.807, 2.05) is 37.3 Å². The monoisotopic (exact) mass is 220 g/mol. The van der Waals surface area contributed by atoms with Gasteiger partial charge >= 0.3 is 0 Å². The SMILES string of the molecule is C=Cc1ccc(OC(CCC)OCC)cc1. The van der Waals surface area contributed by atoms with Gasteiger partial charge in [0.25, 0.3) is 0 Å². The highest BCUT2D eigenvalue weighted by Crippen LogP contribution is 2.16. The highest BCUT2D eigenvalue weighted by atomic mass is 16.7. The summed E-state index contributed by atoms with van der Waals surface area (Å²) in [5.74, 6) is 0.845. The van der Waals surface area contributed by atoms with Crippen molar-refractivity contribution in [1.29, 1.82) is 0 Å². The summed E-state index contributed by atoms with van der Waals surface area (Å²) in [5, 5.41) is 0. The number of ether oxygens (including phenoxy) is 2. The molecule has 2 nitrogen and oxygen atoms in total. The number of hydrogen-bond acceptors (Lipinski definition) is 2. The molecule has 0 amide bonds. The van der Waals surface area contributed by atoms with E-state index in [1.54, 1.807) is 0 Å². The Bertz CT molecular complexity index is 297. The van der Waals surface area contributed by atoms with Crippen molar-refractivity contribution in [2.24, 2.45) is 0 Å². The fourth-order valence-electron chi connectivity index (χ4n) is 1.43. The number of benzene rings is 1. The second-order valence-electron chi connectivity index (χ2n) is 3.56. The zero-order valence-electron chi connectivity index (χ0n) is 10.1. The topological polar surface area (TPSA) is 18.5 Å². The van der Waals surface area contributed by atoms with Gasteiger partial charge in [0.15, 0.2) is 6.29 Å². The third-order valence-electron chi connectivity index (χ3n) is 2.26. The van der Waals surface area contributed by atoms with Gasteiger partial charge in [-0.3, -0.25) is 0 Å². The summed E-state index contributed by atoms with van der Waals surface area (Å²) in [6.45, 7) is 8.49. The summed E-state index contributed by atoms with van der Waals surface area (Å²) in [4.78, 5) is 0. The first-order valence-corrected chi connectivity index (χ1v) is 5.80. The molecule has 0 heterocycles. The molecule has 0 fully saturated rings.